The van der Waals surface area contributed by atoms with E-state index in [0.717, 1.165) is 11.4 Å². The van der Waals surface area contributed by atoms with Crippen LogP contribution in [0.3, 0.4) is 0 Å². The lowest BCUT2D eigenvalue weighted by Crippen LogP contribution is -2.11. The van der Waals surface area contributed by atoms with E-state index in [1.54, 1.807) is 4.68 Å². The fourth-order valence-electron chi connectivity index (χ4n) is 1.99. The molecule has 0 fully saturated rings. The van der Waals surface area contributed by atoms with Crippen LogP contribution in [0.1, 0.15) is 32.0 Å². The average molecular weight is 289 g/mol. The normalized spacial score (nSPS) is 11.6. The van der Waals surface area contributed by atoms with Gasteiger partial charge >= 0.3 is 0 Å². The molecule has 0 bridgehead atoms. The number of aromatic nitrogens is 3. The van der Waals surface area contributed by atoms with Gasteiger partial charge in [-0.25, -0.2) is 4.68 Å². The molecule has 1 aromatic carbocycles. The number of aliphatic hydroxyl groups is 1. The van der Waals surface area contributed by atoms with Crippen molar-refractivity contribution in [3.05, 3.63) is 41.7 Å². The molecule has 0 aliphatic rings. The van der Waals surface area contributed by atoms with Crippen LogP contribution in [0.2, 0.25) is 0 Å². The summed E-state index contributed by atoms with van der Waals surface area (Å²) in [5, 5.41) is 16.8. The molecule has 0 atom stereocenters. The smallest absolute Gasteiger partial charge is 0.119 e. The molecule has 0 spiro atoms. The Labute approximate surface area is 125 Å². The van der Waals surface area contributed by atoms with Gasteiger partial charge in [0.25, 0.3) is 0 Å². The van der Waals surface area contributed by atoms with E-state index in [-0.39, 0.29) is 12.0 Å². The van der Waals surface area contributed by atoms with E-state index in [0.29, 0.717) is 19.6 Å². The van der Waals surface area contributed by atoms with E-state index in [1.807, 2.05) is 18.3 Å². The quantitative estimate of drug-likeness (QED) is 0.885. The predicted octanol–water partition coefficient (Wildman–Crippen LogP) is 2.19. The summed E-state index contributed by atoms with van der Waals surface area (Å²) in [6, 6.07) is 8.20. The SMILES string of the molecule is CC(C)(C)c1ccc(OCCn2cc(CCO)nn2)cc1. The molecule has 1 N–H and O–H groups in total. The molecule has 1 heterocycles. The Hall–Kier alpha value is -1.88. The van der Waals surface area contributed by atoms with Crippen LogP contribution in [0.4, 0.5) is 0 Å². The first-order valence-electron chi connectivity index (χ1n) is 7.22. The third-order valence-corrected chi connectivity index (χ3v) is 3.26. The highest BCUT2D eigenvalue weighted by Crippen LogP contribution is 2.24. The Bertz CT molecular complexity index is 556. The van der Waals surface area contributed by atoms with Crippen LogP contribution >= 0.6 is 0 Å². The molecule has 0 amide bonds. The summed E-state index contributed by atoms with van der Waals surface area (Å²) in [6.45, 7) is 7.85. The summed E-state index contributed by atoms with van der Waals surface area (Å²) >= 11 is 0. The molecule has 5 nitrogen and oxygen atoms in total. The summed E-state index contributed by atoms with van der Waals surface area (Å²) < 4.78 is 7.44. The highest BCUT2D eigenvalue weighted by molar-refractivity contribution is 5.31. The summed E-state index contributed by atoms with van der Waals surface area (Å²) in [6.07, 6.45) is 2.37. The van der Waals surface area contributed by atoms with Crippen LogP contribution in [0, 0.1) is 0 Å². The maximum Gasteiger partial charge on any atom is 0.119 e. The lowest BCUT2D eigenvalue weighted by molar-refractivity contribution is 0.289. The summed E-state index contributed by atoms with van der Waals surface area (Å²) in [5.41, 5.74) is 2.24. The van der Waals surface area contributed by atoms with Crippen molar-refractivity contribution in [2.45, 2.75) is 39.2 Å². The van der Waals surface area contributed by atoms with Crippen LogP contribution in [-0.2, 0) is 18.4 Å². The highest BCUT2D eigenvalue weighted by atomic mass is 16.5. The van der Waals surface area contributed by atoms with E-state index in [4.69, 9.17) is 9.84 Å². The van der Waals surface area contributed by atoms with Gasteiger partial charge in [-0.1, -0.05) is 38.1 Å². The zero-order chi connectivity index (χ0) is 15.3. The van der Waals surface area contributed by atoms with Crippen molar-refractivity contribution in [1.29, 1.82) is 0 Å². The van der Waals surface area contributed by atoms with Crippen LogP contribution in [0.25, 0.3) is 0 Å². The topological polar surface area (TPSA) is 60.2 Å². The molecule has 0 aliphatic heterocycles. The number of benzene rings is 1. The first kappa shape index (κ1) is 15.5. The standard InChI is InChI=1S/C16H23N3O2/c1-16(2,3)13-4-6-15(7-5-13)21-11-9-19-12-14(8-10-20)17-18-19/h4-7,12,20H,8-11H2,1-3H3. The van der Waals surface area contributed by atoms with Crippen molar-refractivity contribution >= 4 is 0 Å². The molecule has 114 valence electrons. The van der Waals surface area contributed by atoms with Gasteiger partial charge in [-0.15, -0.1) is 5.10 Å². The van der Waals surface area contributed by atoms with E-state index in [2.05, 4.69) is 43.2 Å². The number of nitrogens with zero attached hydrogens (tertiary/aromatic N) is 3. The third-order valence-electron chi connectivity index (χ3n) is 3.26. The fraction of sp³-hybridized carbons (Fsp3) is 0.500. The third kappa shape index (κ3) is 4.56. The van der Waals surface area contributed by atoms with Gasteiger partial charge in [0.15, 0.2) is 0 Å². The van der Waals surface area contributed by atoms with Crippen molar-refractivity contribution in [3.8, 4) is 5.75 Å². The number of ether oxygens (including phenoxy) is 1. The number of rotatable bonds is 6. The van der Waals surface area contributed by atoms with E-state index in [9.17, 15) is 0 Å². The minimum absolute atomic E-state index is 0.0926. The van der Waals surface area contributed by atoms with Gasteiger partial charge < -0.3 is 9.84 Å². The van der Waals surface area contributed by atoms with Crippen LogP contribution in [0.5, 0.6) is 5.75 Å². The maximum atomic E-state index is 8.83. The molecule has 2 aromatic rings. The maximum absolute atomic E-state index is 8.83. The van der Waals surface area contributed by atoms with Gasteiger partial charge in [-0.2, -0.15) is 0 Å². The molecule has 0 saturated carbocycles. The first-order chi connectivity index (χ1) is 9.99. The van der Waals surface area contributed by atoms with Crippen molar-refractivity contribution in [1.82, 2.24) is 15.0 Å². The van der Waals surface area contributed by atoms with Crippen molar-refractivity contribution in [2.24, 2.45) is 0 Å². The minimum Gasteiger partial charge on any atom is -0.492 e. The molecule has 21 heavy (non-hydrogen) atoms. The lowest BCUT2D eigenvalue weighted by Gasteiger charge is -2.19. The Balaban J connectivity index is 1.82. The largest absolute Gasteiger partial charge is 0.492 e. The molecular formula is C16H23N3O2. The van der Waals surface area contributed by atoms with Crippen LogP contribution in [0.15, 0.2) is 30.5 Å². The van der Waals surface area contributed by atoms with Gasteiger partial charge in [-0.05, 0) is 23.1 Å². The zero-order valence-corrected chi connectivity index (χ0v) is 12.9. The van der Waals surface area contributed by atoms with Gasteiger partial charge in [-0.3, -0.25) is 0 Å². The predicted molar refractivity (Wildman–Crippen MR) is 81.4 cm³/mol. The second-order valence-electron chi connectivity index (χ2n) is 6.07. The molecular weight excluding hydrogens is 266 g/mol. The van der Waals surface area contributed by atoms with Crippen molar-refractivity contribution in [2.75, 3.05) is 13.2 Å². The summed E-state index contributed by atoms with van der Waals surface area (Å²) in [7, 11) is 0. The monoisotopic (exact) mass is 289 g/mol. The van der Waals surface area contributed by atoms with E-state index >= 15 is 0 Å². The Morgan fingerprint density at radius 2 is 1.90 bits per heavy atom. The molecule has 0 saturated heterocycles. The molecule has 0 aliphatic carbocycles. The van der Waals surface area contributed by atoms with E-state index in [1.165, 1.54) is 5.56 Å². The summed E-state index contributed by atoms with van der Waals surface area (Å²) in [4.78, 5) is 0. The Morgan fingerprint density at radius 3 is 2.52 bits per heavy atom. The highest BCUT2D eigenvalue weighted by Gasteiger charge is 2.12. The zero-order valence-electron chi connectivity index (χ0n) is 12.9. The Morgan fingerprint density at radius 1 is 1.19 bits per heavy atom. The van der Waals surface area contributed by atoms with Crippen molar-refractivity contribution in [3.63, 3.8) is 0 Å². The second kappa shape index (κ2) is 6.72. The fourth-order valence-corrected chi connectivity index (χ4v) is 1.99. The lowest BCUT2D eigenvalue weighted by atomic mass is 9.87. The molecule has 2 rings (SSSR count). The Kier molecular flexibility index (Phi) is 4.96. The molecule has 0 radical (unpaired) electrons. The molecule has 1 aromatic heterocycles. The van der Waals surface area contributed by atoms with Gasteiger partial charge in [0.1, 0.15) is 12.4 Å². The molecule has 0 unspecified atom stereocenters. The van der Waals surface area contributed by atoms with Gasteiger partial charge in [0.05, 0.1) is 12.2 Å². The van der Waals surface area contributed by atoms with Gasteiger partial charge in [0.2, 0.25) is 0 Å². The van der Waals surface area contributed by atoms with Crippen LogP contribution < -0.4 is 4.74 Å². The molecule has 5 heteroatoms. The van der Waals surface area contributed by atoms with E-state index < -0.39 is 0 Å². The minimum atomic E-state index is 0.0926. The van der Waals surface area contributed by atoms with Crippen molar-refractivity contribution < 1.29 is 9.84 Å². The number of hydrogen-bond donors (Lipinski definition) is 1. The summed E-state index contributed by atoms with van der Waals surface area (Å²) in [5.74, 6) is 0.860. The van der Waals surface area contributed by atoms with Crippen LogP contribution in [-0.4, -0.2) is 33.3 Å². The second-order valence-corrected chi connectivity index (χ2v) is 6.07. The van der Waals surface area contributed by atoms with Gasteiger partial charge in [0, 0.05) is 19.2 Å². The average Bonchev–Trinajstić information content (AvgIpc) is 2.86. The first-order valence-corrected chi connectivity index (χ1v) is 7.22. The number of hydrogen-bond acceptors (Lipinski definition) is 4. The number of aliphatic hydroxyl groups excluding tert-OH is 1.